The molecule has 0 saturated heterocycles. The van der Waals surface area contributed by atoms with Crippen LogP contribution < -0.4 is 15.4 Å². The molecule has 0 bridgehead atoms. The van der Waals surface area contributed by atoms with Gasteiger partial charge in [-0.3, -0.25) is 14.8 Å². The van der Waals surface area contributed by atoms with Gasteiger partial charge in [-0.15, -0.1) is 0 Å². The summed E-state index contributed by atoms with van der Waals surface area (Å²) in [6.07, 6.45) is 4.46. The molecule has 1 aromatic rings. The zero-order valence-electron chi connectivity index (χ0n) is 15.7. The molecule has 0 aliphatic heterocycles. The maximum Gasteiger partial charge on any atom is 0.328 e. The third-order valence-electron chi connectivity index (χ3n) is 4.24. The van der Waals surface area contributed by atoms with Crippen molar-refractivity contribution in [2.24, 2.45) is 5.92 Å². The first kappa shape index (κ1) is 21.4. The van der Waals surface area contributed by atoms with E-state index in [0.717, 1.165) is 4.73 Å². The number of amides is 2. The molecule has 0 radical (unpaired) electrons. The van der Waals surface area contributed by atoms with Crippen LogP contribution in [0, 0.1) is 5.92 Å². The molecule has 2 unspecified atom stereocenters. The van der Waals surface area contributed by atoms with E-state index in [1.54, 1.807) is 0 Å². The van der Waals surface area contributed by atoms with Gasteiger partial charge in [0, 0.05) is 16.9 Å². The number of aromatic nitrogens is 1. The fraction of sp³-hybridized carbons (Fsp3) is 0.556. The van der Waals surface area contributed by atoms with Gasteiger partial charge in [-0.1, -0.05) is 33.6 Å². The van der Waals surface area contributed by atoms with Crippen LogP contribution in [-0.4, -0.2) is 42.2 Å². The highest BCUT2D eigenvalue weighted by molar-refractivity contribution is 5.98. The maximum absolute atomic E-state index is 12.7. The Morgan fingerprint density at radius 1 is 1.19 bits per heavy atom. The minimum Gasteiger partial charge on any atom is -0.467 e. The summed E-state index contributed by atoms with van der Waals surface area (Å²) < 4.78 is 5.55. The number of rotatable bonds is 9. The third kappa shape index (κ3) is 6.02. The zero-order chi connectivity index (χ0) is 19.7. The van der Waals surface area contributed by atoms with Crippen molar-refractivity contribution in [1.82, 2.24) is 10.6 Å². The minimum absolute atomic E-state index is 0.134. The molecule has 1 heterocycles. The van der Waals surface area contributed by atoms with Gasteiger partial charge in [-0.2, -0.15) is 0 Å². The van der Waals surface area contributed by atoms with E-state index in [2.05, 4.69) is 10.6 Å². The van der Waals surface area contributed by atoms with Crippen LogP contribution in [0.3, 0.4) is 0 Å². The number of methoxy groups -OCH3 is 1. The minimum atomic E-state index is -0.794. The second-order valence-electron chi connectivity index (χ2n) is 6.18. The first-order chi connectivity index (χ1) is 12.3. The fourth-order valence-electron chi connectivity index (χ4n) is 2.44. The summed E-state index contributed by atoms with van der Waals surface area (Å²) in [5.41, 5.74) is 0.314. The Morgan fingerprint density at radius 2 is 1.81 bits per heavy atom. The number of ether oxygens (including phenoxy) is 1. The van der Waals surface area contributed by atoms with Crippen molar-refractivity contribution in [3.05, 3.63) is 30.1 Å². The van der Waals surface area contributed by atoms with Crippen molar-refractivity contribution in [2.45, 2.75) is 52.1 Å². The second kappa shape index (κ2) is 10.4. The average Bonchev–Trinajstić information content (AvgIpc) is 2.64. The van der Waals surface area contributed by atoms with Gasteiger partial charge in [-0.05, 0) is 12.3 Å². The predicted molar refractivity (Wildman–Crippen MR) is 93.4 cm³/mol. The molecule has 8 heteroatoms. The summed E-state index contributed by atoms with van der Waals surface area (Å²) in [6, 6.07) is 1.34. The van der Waals surface area contributed by atoms with Crippen LogP contribution in [0.2, 0.25) is 0 Å². The Morgan fingerprint density at radius 3 is 2.31 bits per heavy atom. The molecule has 3 N–H and O–H groups in total. The maximum atomic E-state index is 12.7. The van der Waals surface area contributed by atoms with Gasteiger partial charge in [0.15, 0.2) is 0 Å². The number of nitrogens with one attached hydrogen (secondary N) is 2. The van der Waals surface area contributed by atoms with Gasteiger partial charge in [-0.25, -0.2) is 4.79 Å². The number of esters is 1. The Balaban J connectivity index is 2.90. The third-order valence-corrected chi connectivity index (χ3v) is 4.24. The highest BCUT2D eigenvalue weighted by atomic mass is 16.5. The standard InChI is InChI=1S/C18H27N3O5/c1-5-7-14(18(24)26-4)19-17(23)15(12(3)6-2)20-16(22)13-8-10-21(25)11-9-13/h8-12,14-15H,5-7H2,1-4H3,(H2-,19,20,22,23,25)/p+1/t12?,14-,15?/m0/s1. The number of hydrogen-bond acceptors (Lipinski definition) is 5. The highest BCUT2D eigenvalue weighted by Gasteiger charge is 2.30. The Hall–Kier alpha value is -2.64. The van der Waals surface area contributed by atoms with Crippen molar-refractivity contribution in [3.8, 4) is 0 Å². The first-order valence-corrected chi connectivity index (χ1v) is 8.73. The quantitative estimate of drug-likeness (QED) is 0.340. The van der Waals surface area contributed by atoms with E-state index in [1.807, 2.05) is 20.8 Å². The highest BCUT2D eigenvalue weighted by Crippen LogP contribution is 2.11. The Labute approximate surface area is 153 Å². The van der Waals surface area contributed by atoms with Crippen LogP contribution >= 0.6 is 0 Å². The smallest absolute Gasteiger partial charge is 0.328 e. The van der Waals surface area contributed by atoms with Crippen LogP contribution in [0.25, 0.3) is 0 Å². The van der Waals surface area contributed by atoms with E-state index in [4.69, 9.17) is 4.74 Å². The molecular weight excluding hydrogens is 338 g/mol. The van der Waals surface area contributed by atoms with E-state index >= 15 is 0 Å². The number of nitrogens with zero attached hydrogens (tertiary/aromatic N) is 1. The molecule has 1 rings (SSSR count). The number of hydrogen-bond donors (Lipinski definition) is 3. The SMILES string of the molecule is CCC[C@H](NC(=O)C(NC(=O)c1cc[n+](O)cc1)C(C)CC)C(=O)OC. The van der Waals surface area contributed by atoms with E-state index < -0.39 is 29.9 Å². The van der Waals surface area contributed by atoms with Crippen molar-refractivity contribution < 1.29 is 29.1 Å². The molecular formula is C18H28N3O5+. The lowest BCUT2D eigenvalue weighted by Crippen LogP contribution is -2.54. The first-order valence-electron chi connectivity index (χ1n) is 8.73. The molecule has 0 fully saturated rings. The number of carbonyl (C=O) groups is 3. The van der Waals surface area contributed by atoms with Gasteiger partial charge < -0.3 is 15.4 Å². The summed E-state index contributed by atoms with van der Waals surface area (Å²) in [5.74, 6) is -1.50. The molecule has 0 spiro atoms. The Bertz CT molecular complexity index is 618. The molecule has 2 amide bonds. The predicted octanol–water partition coefficient (Wildman–Crippen LogP) is 0.814. The lowest BCUT2D eigenvalue weighted by atomic mass is 9.97. The van der Waals surface area contributed by atoms with Crippen LogP contribution in [0.4, 0.5) is 0 Å². The van der Waals surface area contributed by atoms with Crippen molar-refractivity contribution in [3.63, 3.8) is 0 Å². The van der Waals surface area contributed by atoms with Crippen molar-refractivity contribution in [1.29, 1.82) is 0 Å². The van der Waals surface area contributed by atoms with Crippen molar-refractivity contribution >= 4 is 17.8 Å². The van der Waals surface area contributed by atoms with Gasteiger partial charge in [0.25, 0.3) is 5.91 Å². The molecule has 26 heavy (non-hydrogen) atoms. The van der Waals surface area contributed by atoms with Gasteiger partial charge in [0.1, 0.15) is 12.1 Å². The van der Waals surface area contributed by atoms with E-state index in [1.165, 1.54) is 31.6 Å². The Kier molecular flexibility index (Phi) is 8.54. The lowest BCUT2D eigenvalue weighted by molar-refractivity contribution is -0.904. The lowest BCUT2D eigenvalue weighted by Gasteiger charge is -2.25. The molecule has 0 saturated carbocycles. The largest absolute Gasteiger partial charge is 0.467 e. The van der Waals surface area contributed by atoms with Gasteiger partial charge in [0.2, 0.25) is 18.3 Å². The molecule has 0 aromatic carbocycles. The van der Waals surface area contributed by atoms with Gasteiger partial charge >= 0.3 is 5.97 Å². The molecule has 1 aromatic heterocycles. The fourth-order valence-corrected chi connectivity index (χ4v) is 2.44. The summed E-state index contributed by atoms with van der Waals surface area (Å²) in [5, 5.41) is 14.6. The van der Waals surface area contributed by atoms with Crippen LogP contribution in [0.5, 0.6) is 0 Å². The van der Waals surface area contributed by atoms with Crippen LogP contribution in [0.1, 0.15) is 50.4 Å². The van der Waals surface area contributed by atoms with Crippen molar-refractivity contribution in [2.75, 3.05) is 7.11 Å². The molecule has 8 nitrogen and oxygen atoms in total. The van der Waals surface area contributed by atoms with E-state index in [0.29, 0.717) is 24.8 Å². The number of pyridine rings is 1. The van der Waals surface area contributed by atoms with E-state index in [9.17, 15) is 19.6 Å². The molecule has 144 valence electrons. The second-order valence-corrected chi connectivity index (χ2v) is 6.18. The summed E-state index contributed by atoms with van der Waals surface area (Å²) in [7, 11) is 1.27. The summed E-state index contributed by atoms with van der Waals surface area (Å²) >= 11 is 0. The zero-order valence-corrected chi connectivity index (χ0v) is 15.7. The molecule has 0 aliphatic rings. The van der Waals surface area contributed by atoms with E-state index in [-0.39, 0.29) is 5.92 Å². The van der Waals surface area contributed by atoms with Gasteiger partial charge in [0.05, 0.1) is 12.7 Å². The molecule has 0 aliphatic carbocycles. The molecule has 3 atom stereocenters. The average molecular weight is 366 g/mol. The summed E-state index contributed by atoms with van der Waals surface area (Å²) in [4.78, 5) is 36.9. The normalized spacial score (nSPS) is 14.0. The monoisotopic (exact) mass is 366 g/mol. The topological polar surface area (TPSA) is 109 Å². The summed E-state index contributed by atoms with van der Waals surface area (Å²) in [6.45, 7) is 5.67. The van der Waals surface area contributed by atoms with Crippen LogP contribution in [-0.2, 0) is 14.3 Å². The number of carbonyl (C=O) groups excluding carboxylic acids is 3. The van der Waals surface area contributed by atoms with Crippen LogP contribution in [0.15, 0.2) is 24.5 Å².